The number of benzene rings is 2. The van der Waals surface area contributed by atoms with E-state index in [1.54, 1.807) is 19.2 Å². The van der Waals surface area contributed by atoms with Crippen LogP contribution in [0, 0.1) is 6.92 Å². The molecule has 0 saturated heterocycles. The van der Waals surface area contributed by atoms with Crippen molar-refractivity contribution in [3.8, 4) is 28.6 Å². The molecule has 0 radical (unpaired) electrons. The molecule has 39 heavy (non-hydrogen) atoms. The fourth-order valence-electron chi connectivity index (χ4n) is 3.99. The highest BCUT2D eigenvalue weighted by Crippen LogP contribution is 2.24. The predicted molar refractivity (Wildman–Crippen MR) is 148 cm³/mol. The molecule has 5 aromatic rings. The van der Waals surface area contributed by atoms with E-state index in [-0.39, 0.29) is 12.6 Å². The van der Waals surface area contributed by atoms with Crippen LogP contribution in [0.25, 0.3) is 28.8 Å². The minimum absolute atomic E-state index is 0.254. The lowest BCUT2D eigenvalue weighted by atomic mass is 10.1. The van der Waals surface area contributed by atoms with Gasteiger partial charge >= 0.3 is 5.97 Å². The molecule has 0 saturated carbocycles. The maximum atomic E-state index is 11.9. The number of nitrogens with zero attached hydrogens (tertiary/aromatic N) is 4. The molecule has 5 rings (SSSR count). The summed E-state index contributed by atoms with van der Waals surface area (Å²) in [7, 11) is 0. The summed E-state index contributed by atoms with van der Waals surface area (Å²) in [6, 6.07) is 23.4. The minimum Gasteiger partial charge on any atom is -0.471 e. The van der Waals surface area contributed by atoms with Crippen LogP contribution in [0.3, 0.4) is 0 Å². The van der Waals surface area contributed by atoms with Gasteiger partial charge in [0.15, 0.2) is 0 Å². The molecule has 2 aromatic carbocycles. The normalized spacial score (nSPS) is 11.1. The highest BCUT2D eigenvalue weighted by Gasteiger charge is 2.13. The van der Waals surface area contributed by atoms with E-state index >= 15 is 0 Å². The first-order chi connectivity index (χ1) is 19.1. The van der Waals surface area contributed by atoms with Crippen molar-refractivity contribution in [3.05, 3.63) is 114 Å². The maximum absolute atomic E-state index is 11.9. The van der Waals surface area contributed by atoms with Crippen LogP contribution in [0.5, 0.6) is 5.88 Å². The Morgan fingerprint density at radius 3 is 2.44 bits per heavy atom. The molecule has 0 atom stereocenters. The summed E-state index contributed by atoms with van der Waals surface area (Å²) in [5.41, 5.74) is 5.16. The average molecular weight is 521 g/mol. The molecular formula is C31H28N4O4. The number of pyridine rings is 1. The fraction of sp³-hybridized carbons (Fsp3) is 0.161. The number of ether oxygens (including phenoxy) is 2. The second-order valence-electron chi connectivity index (χ2n) is 8.76. The summed E-state index contributed by atoms with van der Waals surface area (Å²) in [4.78, 5) is 20.9. The molecule has 0 amide bonds. The van der Waals surface area contributed by atoms with Crippen LogP contribution < -0.4 is 4.74 Å². The van der Waals surface area contributed by atoms with E-state index in [9.17, 15) is 4.79 Å². The van der Waals surface area contributed by atoms with Gasteiger partial charge in [0.05, 0.1) is 18.8 Å². The van der Waals surface area contributed by atoms with Gasteiger partial charge in [-0.15, -0.1) is 0 Å². The van der Waals surface area contributed by atoms with Gasteiger partial charge in [0.25, 0.3) is 0 Å². The zero-order valence-electron chi connectivity index (χ0n) is 21.8. The summed E-state index contributed by atoms with van der Waals surface area (Å²) in [6.45, 7) is 4.74. The number of hydrogen-bond acceptors (Lipinski definition) is 7. The van der Waals surface area contributed by atoms with Crippen molar-refractivity contribution in [1.82, 2.24) is 19.7 Å². The van der Waals surface area contributed by atoms with Gasteiger partial charge in [0.1, 0.15) is 18.1 Å². The van der Waals surface area contributed by atoms with E-state index in [2.05, 4.69) is 9.97 Å². The highest BCUT2D eigenvalue weighted by molar-refractivity contribution is 5.88. The zero-order valence-corrected chi connectivity index (χ0v) is 21.8. The van der Waals surface area contributed by atoms with Gasteiger partial charge in [-0.3, -0.25) is 4.68 Å². The van der Waals surface area contributed by atoms with Crippen molar-refractivity contribution in [2.75, 3.05) is 6.61 Å². The molecule has 0 aliphatic rings. The van der Waals surface area contributed by atoms with Crippen LogP contribution in [0.4, 0.5) is 0 Å². The monoisotopic (exact) mass is 520 g/mol. The fourth-order valence-corrected chi connectivity index (χ4v) is 3.99. The van der Waals surface area contributed by atoms with Crippen molar-refractivity contribution in [2.45, 2.75) is 27.0 Å². The lowest BCUT2D eigenvalue weighted by Gasteiger charge is -2.05. The molecule has 0 fully saturated rings. The molecule has 8 nitrogen and oxygen atoms in total. The van der Waals surface area contributed by atoms with Gasteiger partial charge in [-0.05, 0) is 37.6 Å². The largest absolute Gasteiger partial charge is 0.471 e. The first-order valence-corrected chi connectivity index (χ1v) is 12.7. The van der Waals surface area contributed by atoms with Crippen LogP contribution in [-0.4, -0.2) is 32.3 Å². The number of esters is 1. The van der Waals surface area contributed by atoms with E-state index in [1.165, 1.54) is 6.08 Å². The van der Waals surface area contributed by atoms with Crippen molar-refractivity contribution >= 4 is 12.0 Å². The highest BCUT2D eigenvalue weighted by atomic mass is 16.5. The molecule has 0 unspecified atom stereocenters. The molecule has 3 heterocycles. The van der Waals surface area contributed by atoms with Crippen molar-refractivity contribution in [3.63, 3.8) is 0 Å². The molecule has 3 aromatic heterocycles. The Balaban J connectivity index is 1.26. The van der Waals surface area contributed by atoms with Crippen LogP contribution >= 0.6 is 0 Å². The Kier molecular flexibility index (Phi) is 7.92. The summed E-state index contributed by atoms with van der Waals surface area (Å²) in [6.07, 6.45) is 6.82. The Morgan fingerprint density at radius 2 is 1.74 bits per heavy atom. The maximum Gasteiger partial charge on any atom is 0.330 e. The molecule has 196 valence electrons. The molecule has 8 heteroatoms. The van der Waals surface area contributed by atoms with Gasteiger partial charge in [-0.2, -0.15) is 5.10 Å². The smallest absolute Gasteiger partial charge is 0.330 e. The molecular weight excluding hydrogens is 492 g/mol. The Bertz CT molecular complexity index is 1560. The molecule has 0 bridgehead atoms. The zero-order chi connectivity index (χ0) is 27.0. The number of carbonyl (C=O) groups is 1. The van der Waals surface area contributed by atoms with Crippen LogP contribution in [-0.2, 0) is 22.7 Å². The van der Waals surface area contributed by atoms with E-state index < -0.39 is 0 Å². The topological polar surface area (TPSA) is 92.3 Å². The van der Waals surface area contributed by atoms with Gasteiger partial charge in [-0.1, -0.05) is 54.6 Å². The Labute approximate surface area is 226 Å². The van der Waals surface area contributed by atoms with E-state index in [0.717, 1.165) is 33.6 Å². The number of aromatic nitrogens is 4. The molecule has 0 spiro atoms. The second kappa shape index (κ2) is 12.0. The third kappa shape index (κ3) is 6.48. The average Bonchev–Trinajstić information content (AvgIpc) is 3.55. The lowest BCUT2D eigenvalue weighted by Crippen LogP contribution is -2.02. The Hall–Kier alpha value is -4.98. The molecule has 0 N–H and O–H groups in total. The molecule has 0 aliphatic carbocycles. The van der Waals surface area contributed by atoms with E-state index in [0.29, 0.717) is 30.7 Å². The summed E-state index contributed by atoms with van der Waals surface area (Å²) < 4.78 is 18.5. The predicted octanol–water partition coefficient (Wildman–Crippen LogP) is 6.11. The number of hydrogen-bond donors (Lipinski definition) is 0. The minimum atomic E-state index is -0.388. The first-order valence-electron chi connectivity index (χ1n) is 12.7. The van der Waals surface area contributed by atoms with Gasteiger partial charge in [0, 0.05) is 41.2 Å². The standard InChI is InChI=1S/C31H28N4O4/c1-3-37-29(36)17-15-26-20-35(34-30(26)24-10-6-4-7-11-24)19-23-14-16-28(32-18-23)38-21-27-22(2)39-31(33-27)25-12-8-5-9-13-25/h4-18,20H,3,19,21H2,1-2H3/b17-15+. The van der Waals surface area contributed by atoms with Crippen molar-refractivity contribution in [1.29, 1.82) is 0 Å². The number of oxazole rings is 1. The summed E-state index contributed by atoms with van der Waals surface area (Å²) in [5.74, 6) is 1.39. The summed E-state index contributed by atoms with van der Waals surface area (Å²) >= 11 is 0. The van der Waals surface area contributed by atoms with Crippen LogP contribution in [0.15, 0.2) is 95.7 Å². The number of aryl methyl sites for hydroxylation is 1. The Morgan fingerprint density at radius 1 is 1.00 bits per heavy atom. The molecule has 0 aliphatic heterocycles. The SMILES string of the molecule is CCOC(=O)/C=C/c1cn(Cc2ccc(OCc3nc(-c4ccccc4)oc3C)nc2)nc1-c1ccccc1. The van der Waals surface area contributed by atoms with Crippen LogP contribution in [0.2, 0.25) is 0 Å². The number of carbonyl (C=O) groups excluding carboxylic acids is 1. The van der Waals surface area contributed by atoms with Crippen molar-refractivity contribution in [2.24, 2.45) is 0 Å². The van der Waals surface area contributed by atoms with E-state index in [1.807, 2.05) is 90.6 Å². The lowest BCUT2D eigenvalue weighted by molar-refractivity contribution is -0.137. The number of rotatable bonds is 10. The first kappa shape index (κ1) is 25.7. The van der Waals surface area contributed by atoms with Gasteiger partial charge < -0.3 is 13.9 Å². The quantitative estimate of drug-likeness (QED) is 0.162. The van der Waals surface area contributed by atoms with Gasteiger partial charge in [0.2, 0.25) is 11.8 Å². The summed E-state index contributed by atoms with van der Waals surface area (Å²) in [5, 5.41) is 4.77. The van der Waals surface area contributed by atoms with Gasteiger partial charge in [-0.25, -0.2) is 14.8 Å². The second-order valence-corrected chi connectivity index (χ2v) is 8.76. The third-order valence-corrected chi connectivity index (χ3v) is 5.94. The van der Waals surface area contributed by atoms with Crippen molar-refractivity contribution < 1.29 is 18.7 Å². The van der Waals surface area contributed by atoms with E-state index in [4.69, 9.17) is 19.0 Å². The van der Waals surface area contributed by atoms with Crippen LogP contribution in [0.1, 0.15) is 29.5 Å². The third-order valence-electron chi connectivity index (χ3n) is 5.94.